The monoisotopic (exact) mass is 426 g/mol. The lowest BCUT2D eigenvalue weighted by molar-refractivity contribution is 0.262. The highest BCUT2D eigenvalue weighted by atomic mass is 35.5. The molecule has 10 heteroatoms. The zero-order valence-corrected chi connectivity index (χ0v) is 16.9. The van der Waals surface area contributed by atoms with E-state index in [1.54, 1.807) is 24.3 Å². The third kappa shape index (κ3) is 4.95. The molecule has 5 N–H and O–H groups in total. The number of nitrogen functional groups attached to an aromatic ring is 1. The summed E-state index contributed by atoms with van der Waals surface area (Å²) in [6.45, 7) is 1.96. The molecule has 0 aliphatic carbocycles. The van der Waals surface area contributed by atoms with Crippen molar-refractivity contribution in [3.63, 3.8) is 0 Å². The van der Waals surface area contributed by atoms with Gasteiger partial charge in [-0.15, -0.1) is 0 Å². The van der Waals surface area contributed by atoms with Gasteiger partial charge in [-0.05, 0) is 31.2 Å². The van der Waals surface area contributed by atoms with Gasteiger partial charge in [-0.1, -0.05) is 29.3 Å². The molecule has 3 rings (SSSR count). The third-order valence-electron chi connectivity index (χ3n) is 3.99. The van der Waals surface area contributed by atoms with Gasteiger partial charge in [0.2, 0.25) is 11.8 Å². The van der Waals surface area contributed by atoms with Crippen LogP contribution in [-0.2, 0) is 4.74 Å². The standard InChI is InChI=1S/C20H19ClN6O3/c1-11-3-5-12(6-4-11)26-20(28)27-15-8-7-13(9-14(15)21)30-19-16(18(23)29-2)17(22)24-10-25-19/h3-10,23H,1-2H3,(H2,22,24,25)(H2,26,27,28). The maximum absolute atomic E-state index is 12.2. The van der Waals surface area contributed by atoms with E-state index in [2.05, 4.69) is 20.6 Å². The minimum Gasteiger partial charge on any atom is -0.481 e. The maximum Gasteiger partial charge on any atom is 0.323 e. The van der Waals surface area contributed by atoms with Gasteiger partial charge in [0.25, 0.3) is 0 Å². The van der Waals surface area contributed by atoms with E-state index in [0.29, 0.717) is 17.1 Å². The molecular formula is C20H19ClN6O3. The van der Waals surface area contributed by atoms with Gasteiger partial charge in [0.15, 0.2) is 0 Å². The van der Waals surface area contributed by atoms with E-state index < -0.39 is 6.03 Å². The summed E-state index contributed by atoms with van der Waals surface area (Å²) in [5, 5.41) is 13.5. The second kappa shape index (κ2) is 9.10. The molecule has 1 heterocycles. The van der Waals surface area contributed by atoms with E-state index in [0.717, 1.165) is 5.56 Å². The van der Waals surface area contributed by atoms with Crippen LogP contribution in [0.25, 0.3) is 0 Å². The molecule has 1 aromatic heterocycles. The van der Waals surface area contributed by atoms with Crippen LogP contribution in [0.5, 0.6) is 11.6 Å². The van der Waals surface area contributed by atoms with Crippen LogP contribution >= 0.6 is 11.6 Å². The number of aromatic nitrogens is 2. The number of anilines is 3. The SMILES string of the molecule is COC(=N)c1c(N)ncnc1Oc1ccc(NC(=O)Nc2ccc(C)cc2)c(Cl)c1. The predicted octanol–water partition coefficient (Wildman–Crippen LogP) is 4.43. The average Bonchev–Trinajstić information content (AvgIpc) is 2.71. The summed E-state index contributed by atoms with van der Waals surface area (Å²) in [5.74, 6) is 0.181. The lowest BCUT2D eigenvalue weighted by Crippen LogP contribution is -2.19. The van der Waals surface area contributed by atoms with Gasteiger partial charge in [-0.3, -0.25) is 5.41 Å². The Labute approximate surface area is 177 Å². The maximum atomic E-state index is 12.2. The Morgan fingerprint density at radius 2 is 1.87 bits per heavy atom. The Hall–Kier alpha value is -3.85. The Morgan fingerprint density at radius 1 is 1.13 bits per heavy atom. The lowest BCUT2D eigenvalue weighted by atomic mass is 10.2. The summed E-state index contributed by atoms with van der Waals surface area (Å²) in [6.07, 6.45) is 1.21. The van der Waals surface area contributed by atoms with Gasteiger partial charge in [-0.2, -0.15) is 0 Å². The van der Waals surface area contributed by atoms with Crippen molar-refractivity contribution in [1.82, 2.24) is 9.97 Å². The van der Waals surface area contributed by atoms with E-state index in [1.165, 1.54) is 19.5 Å². The number of carbonyl (C=O) groups excluding carboxylic acids is 1. The van der Waals surface area contributed by atoms with Crippen molar-refractivity contribution in [2.75, 3.05) is 23.5 Å². The molecule has 30 heavy (non-hydrogen) atoms. The number of benzene rings is 2. The number of hydrogen-bond donors (Lipinski definition) is 4. The van der Waals surface area contributed by atoms with Crippen LogP contribution in [0.4, 0.5) is 22.0 Å². The fraction of sp³-hybridized carbons (Fsp3) is 0.100. The first kappa shape index (κ1) is 20.9. The fourth-order valence-corrected chi connectivity index (χ4v) is 2.69. The highest BCUT2D eigenvalue weighted by Gasteiger charge is 2.18. The number of amides is 2. The van der Waals surface area contributed by atoms with Gasteiger partial charge < -0.3 is 25.8 Å². The molecular weight excluding hydrogens is 408 g/mol. The highest BCUT2D eigenvalue weighted by molar-refractivity contribution is 6.34. The molecule has 0 aliphatic rings. The Balaban J connectivity index is 1.73. The summed E-state index contributed by atoms with van der Waals surface area (Å²) >= 11 is 6.28. The Bertz CT molecular complexity index is 1090. The first-order valence-corrected chi connectivity index (χ1v) is 9.10. The smallest absolute Gasteiger partial charge is 0.323 e. The number of methoxy groups -OCH3 is 1. The van der Waals surface area contributed by atoms with Gasteiger partial charge in [0, 0.05) is 11.8 Å². The van der Waals surface area contributed by atoms with Crippen LogP contribution in [0.2, 0.25) is 5.02 Å². The van der Waals surface area contributed by atoms with Crippen molar-refractivity contribution in [2.45, 2.75) is 6.92 Å². The average molecular weight is 427 g/mol. The molecule has 2 amide bonds. The molecule has 0 atom stereocenters. The molecule has 0 spiro atoms. The molecule has 0 radical (unpaired) electrons. The zero-order valence-electron chi connectivity index (χ0n) is 16.2. The quantitative estimate of drug-likeness (QED) is 0.352. The summed E-state index contributed by atoms with van der Waals surface area (Å²) < 4.78 is 10.6. The topological polar surface area (TPSA) is 135 Å². The molecule has 0 fully saturated rings. The number of hydrogen-bond acceptors (Lipinski definition) is 7. The molecule has 9 nitrogen and oxygen atoms in total. The van der Waals surface area contributed by atoms with Crippen LogP contribution in [0, 0.1) is 12.3 Å². The molecule has 0 unspecified atom stereocenters. The van der Waals surface area contributed by atoms with Crippen molar-refractivity contribution in [3.05, 3.63) is 64.9 Å². The number of halogens is 1. The second-order valence-electron chi connectivity index (χ2n) is 6.16. The normalized spacial score (nSPS) is 10.2. The number of nitrogens with two attached hydrogens (primary N) is 1. The molecule has 0 aliphatic heterocycles. The Morgan fingerprint density at radius 3 is 2.53 bits per heavy atom. The molecule has 2 aromatic carbocycles. The zero-order chi connectivity index (χ0) is 21.7. The van der Waals surface area contributed by atoms with E-state index in [9.17, 15) is 4.79 Å². The lowest BCUT2D eigenvalue weighted by Gasteiger charge is -2.13. The summed E-state index contributed by atoms with van der Waals surface area (Å²) in [5.41, 5.74) is 8.06. The van der Waals surface area contributed by atoms with E-state index in [1.807, 2.05) is 19.1 Å². The third-order valence-corrected chi connectivity index (χ3v) is 4.30. The number of urea groups is 1. The minimum absolute atomic E-state index is 0.0447. The van der Waals surface area contributed by atoms with Crippen LogP contribution in [0.15, 0.2) is 48.8 Å². The van der Waals surface area contributed by atoms with Crippen LogP contribution in [-0.4, -0.2) is 29.0 Å². The Kier molecular flexibility index (Phi) is 6.33. The number of aryl methyl sites for hydroxylation is 1. The molecule has 0 saturated carbocycles. The van der Waals surface area contributed by atoms with Crippen molar-refractivity contribution in [3.8, 4) is 11.6 Å². The van der Waals surface area contributed by atoms with Gasteiger partial charge >= 0.3 is 6.03 Å². The predicted molar refractivity (Wildman–Crippen MR) is 116 cm³/mol. The number of ether oxygens (including phenoxy) is 2. The van der Waals surface area contributed by atoms with Gasteiger partial charge in [-0.25, -0.2) is 14.8 Å². The molecule has 0 saturated heterocycles. The van der Waals surface area contributed by atoms with Gasteiger partial charge in [0.1, 0.15) is 23.5 Å². The number of nitrogens with one attached hydrogen (secondary N) is 3. The highest BCUT2D eigenvalue weighted by Crippen LogP contribution is 2.31. The van der Waals surface area contributed by atoms with Crippen LogP contribution in [0.1, 0.15) is 11.1 Å². The molecule has 154 valence electrons. The second-order valence-corrected chi connectivity index (χ2v) is 6.57. The van der Waals surface area contributed by atoms with E-state index in [-0.39, 0.29) is 28.2 Å². The molecule has 3 aromatic rings. The molecule has 0 bridgehead atoms. The van der Waals surface area contributed by atoms with Crippen molar-refractivity contribution < 1.29 is 14.3 Å². The summed E-state index contributed by atoms with van der Waals surface area (Å²) in [7, 11) is 1.33. The summed E-state index contributed by atoms with van der Waals surface area (Å²) in [6, 6.07) is 11.6. The first-order chi connectivity index (χ1) is 14.4. The number of rotatable bonds is 5. The van der Waals surface area contributed by atoms with Gasteiger partial charge in [0.05, 0.1) is 17.8 Å². The fourth-order valence-electron chi connectivity index (χ4n) is 2.47. The number of carbonyl (C=O) groups is 1. The number of nitrogens with zero attached hydrogens (tertiary/aromatic N) is 2. The van der Waals surface area contributed by atoms with Crippen molar-refractivity contribution >= 4 is 40.7 Å². The first-order valence-electron chi connectivity index (χ1n) is 8.73. The van der Waals surface area contributed by atoms with E-state index >= 15 is 0 Å². The minimum atomic E-state index is -0.436. The largest absolute Gasteiger partial charge is 0.481 e. The van der Waals surface area contributed by atoms with Crippen molar-refractivity contribution in [1.29, 1.82) is 5.41 Å². The van der Waals surface area contributed by atoms with E-state index in [4.69, 9.17) is 32.2 Å². The van der Waals surface area contributed by atoms with Crippen molar-refractivity contribution in [2.24, 2.45) is 0 Å². The summed E-state index contributed by atoms with van der Waals surface area (Å²) in [4.78, 5) is 20.0. The van der Waals surface area contributed by atoms with Crippen LogP contribution in [0.3, 0.4) is 0 Å². The van der Waals surface area contributed by atoms with Crippen LogP contribution < -0.4 is 21.1 Å².